The number of carbonyl (C=O) groups excluding carboxylic acids is 2. The van der Waals surface area contributed by atoms with Crippen LogP contribution in [0.5, 0.6) is 5.75 Å². The van der Waals surface area contributed by atoms with Crippen LogP contribution in [0.15, 0.2) is 17.1 Å². The lowest BCUT2D eigenvalue weighted by Gasteiger charge is -2.44. The number of hydrogen-bond acceptors (Lipinski definition) is 8. The molecule has 0 saturated carbocycles. The largest absolute Gasteiger partial charge is 0.511 e. The number of morpholine rings is 1. The Labute approximate surface area is 143 Å². The van der Waals surface area contributed by atoms with E-state index in [-0.39, 0.29) is 36.2 Å². The monoisotopic (exact) mass is 353 g/mol. The van der Waals surface area contributed by atoms with Crippen LogP contribution in [0, 0.1) is 0 Å². The van der Waals surface area contributed by atoms with Gasteiger partial charge in [-0.2, -0.15) is 0 Å². The van der Waals surface area contributed by atoms with Gasteiger partial charge in [-0.15, -0.1) is 0 Å². The molecule has 1 aromatic rings. The fourth-order valence-electron chi connectivity index (χ4n) is 2.80. The summed E-state index contributed by atoms with van der Waals surface area (Å²) < 4.78 is 21.4. The van der Waals surface area contributed by atoms with Crippen LogP contribution in [0.4, 0.5) is 4.79 Å². The lowest BCUT2D eigenvalue weighted by atomic mass is 10.1. The minimum atomic E-state index is -0.918. The van der Waals surface area contributed by atoms with Crippen LogP contribution >= 0.6 is 0 Å². The van der Waals surface area contributed by atoms with E-state index in [1.807, 2.05) is 6.92 Å². The SMILES string of the molecule is CCOC(=O)OCOc1c2n(ccc1=O)NC1COCC(C)N1C2=O. The van der Waals surface area contributed by atoms with Crippen molar-refractivity contribution in [3.8, 4) is 5.75 Å². The second-order valence-electron chi connectivity index (χ2n) is 5.56. The number of rotatable bonds is 4. The van der Waals surface area contributed by atoms with Gasteiger partial charge in [-0.25, -0.2) is 4.79 Å². The first kappa shape index (κ1) is 17.1. The highest BCUT2D eigenvalue weighted by Crippen LogP contribution is 2.25. The fourth-order valence-corrected chi connectivity index (χ4v) is 2.80. The van der Waals surface area contributed by atoms with E-state index in [1.54, 1.807) is 11.8 Å². The van der Waals surface area contributed by atoms with Crippen LogP contribution in [0.2, 0.25) is 0 Å². The summed E-state index contributed by atoms with van der Waals surface area (Å²) in [4.78, 5) is 37.8. The van der Waals surface area contributed by atoms with E-state index in [0.29, 0.717) is 13.2 Å². The summed E-state index contributed by atoms with van der Waals surface area (Å²) in [6.07, 6.45) is 0.194. The first-order valence-corrected chi connectivity index (χ1v) is 7.88. The number of carbonyl (C=O) groups is 2. The van der Waals surface area contributed by atoms with Crippen LogP contribution in [-0.2, 0) is 14.2 Å². The minimum Gasteiger partial charge on any atom is -0.451 e. The predicted octanol–water partition coefficient (Wildman–Crippen LogP) is 0.102. The summed E-state index contributed by atoms with van der Waals surface area (Å²) in [6, 6.07) is 1.10. The van der Waals surface area contributed by atoms with Crippen molar-refractivity contribution in [1.82, 2.24) is 9.58 Å². The number of amides is 1. The smallest absolute Gasteiger partial charge is 0.451 e. The van der Waals surface area contributed by atoms with Gasteiger partial charge in [0.1, 0.15) is 6.17 Å². The molecule has 1 N–H and O–H groups in total. The molecule has 2 atom stereocenters. The molecule has 1 amide bonds. The maximum absolute atomic E-state index is 12.9. The Balaban J connectivity index is 1.85. The van der Waals surface area contributed by atoms with E-state index in [9.17, 15) is 14.4 Å². The minimum absolute atomic E-state index is 0.0463. The normalized spacial score (nSPS) is 21.7. The van der Waals surface area contributed by atoms with E-state index in [4.69, 9.17) is 14.2 Å². The molecule has 1 saturated heterocycles. The first-order valence-electron chi connectivity index (χ1n) is 7.88. The zero-order valence-corrected chi connectivity index (χ0v) is 13.9. The third kappa shape index (κ3) is 3.25. The van der Waals surface area contributed by atoms with Gasteiger partial charge in [0.15, 0.2) is 5.69 Å². The summed E-state index contributed by atoms with van der Waals surface area (Å²) in [6.45, 7) is 3.84. The van der Waals surface area contributed by atoms with E-state index in [0.717, 1.165) is 0 Å². The third-order valence-electron chi connectivity index (χ3n) is 3.87. The second-order valence-corrected chi connectivity index (χ2v) is 5.56. The lowest BCUT2D eigenvalue weighted by molar-refractivity contribution is -0.0317. The number of fused-ring (bicyclic) bond motifs is 2. The van der Waals surface area contributed by atoms with Crippen molar-refractivity contribution in [2.45, 2.75) is 26.1 Å². The van der Waals surface area contributed by atoms with Gasteiger partial charge < -0.3 is 29.3 Å². The Kier molecular flexibility index (Phi) is 4.79. The Morgan fingerprint density at radius 3 is 2.92 bits per heavy atom. The summed E-state index contributed by atoms with van der Waals surface area (Å²) in [7, 11) is 0. The molecule has 136 valence electrons. The molecule has 10 heteroatoms. The lowest BCUT2D eigenvalue weighted by Crippen LogP contribution is -2.62. The Morgan fingerprint density at radius 1 is 1.36 bits per heavy atom. The van der Waals surface area contributed by atoms with Crippen molar-refractivity contribution in [3.05, 3.63) is 28.2 Å². The van der Waals surface area contributed by atoms with Gasteiger partial charge >= 0.3 is 6.16 Å². The van der Waals surface area contributed by atoms with E-state index in [1.165, 1.54) is 16.9 Å². The highest BCUT2D eigenvalue weighted by atomic mass is 16.8. The molecule has 2 unspecified atom stereocenters. The number of nitrogens with one attached hydrogen (secondary N) is 1. The highest BCUT2D eigenvalue weighted by molar-refractivity contribution is 5.96. The topological polar surface area (TPSA) is 108 Å². The number of pyridine rings is 1. The molecule has 3 heterocycles. The van der Waals surface area contributed by atoms with Crippen LogP contribution in [0.25, 0.3) is 0 Å². The maximum Gasteiger partial charge on any atom is 0.511 e. The van der Waals surface area contributed by atoms with Crippen molar-refractivity contribution in [2.75, 3.05) is 32.0 Å². The number of nitrogens with zero attached hydrogens (tertiary/aromatic N) is 2. The number of hydrogen-bond donors (Lipinski definition) is 1. The quantitative estimate of drug-likeness (QED) is 0.600. The standard InChI is InChI=1S/C15H19N3O7/c1-3-23-15(21)25-8-24-13-10(19)4-5-17-12(13)14(20)18-9(2)6-22-7-11(18)16-17/h4-5,9,11,16H,3,6-8H2,1-2H3. The molecule has 0 aliphatic carbocycles. The molecular formula is C15H19N3O7. The number of ether oxygens (including phenoxy) is 4. The molecule has 0 bridgehead atoms. The van der Waals surface area contributed by atoms with Gasteiger partial charge in [0.25, 0.3) is 5.91 Å². The van der Waals surface area contributed by atoms with Crippen molar-refractivity contribution < 1.29 is 28.5 Å². The molecular weight excluding hydrogens is 334 g/mol. The van der Waals surface area contributed by atoms with Gasteiger partial charge in [-0.3, -0.25) is 14.3 Å². The van der Waals surface area contributed by atoms with Crippen molar-refractivity contribution >= 4 is 12.1 Å². The summed E-state index contributed by atoms with van der Waals surface area (Å²) in [5.41, 5.74) is 2.65. The highest BCUT2D eigenvalue weighted by Gasteiger charge is 2.40. The van der Waals surface area contributed by atoms with Crippen LogP contribution < -0.4 is 15.6 Å². The van der Waals surface area contributed by atoms with E-state index >= 15 is 0 Å². The molecule has 1 aromatic heterocycles. The molecule has 0 radical (unpaired) electrons. The van der Waals surface area contributed by atoms with Crippen molar-refractivity contribution in [3.63, 3.8) is 0 Å². The average Bonchev–Trinajstić information content (AvgIpc) is 2.57. The molecule has 0 spiro atoms. The van der Waals surface area contributed by atoms with Crippen molar-refractivity contribution in [1.29, 1.82) is 0 Å². The summed E-state index contributed by atoms with van der Waals surface area (Å²) in [5.74, 6) is -0.551. The Hall–Kier alpha value is -2.75. The van der Waals surface area contributed by atoms with Gasteiger partial charge in [-0.1, -0.05) is 0 Å². The molecule has 2 aliphatic heterocycles. The first-order chi connectivity index (χ1) is 12.0. The molecule has 1 fully saturated rings. The van der Waals surface area contributed by atoms with Gasteiger partial charge in [0.2, 0.25) is 18.0 Å². The van der Waals surface area contributed by atoms with Crippen LogP contribution in [0.1, 0.15) is 24.3 Å². The summed E-state index contributed by atoms with van der Waals surface area (Å²) >= 11 is 0. The maximum atomic E-state index is 12.9. The molecule has 3 rings (SSSR count). The Bertz CT molecular complexity index is 732. The molecule has 25 heavy (non-hydrogen) atoms. The van der Waals surface area contributed by atoms with Crippen molar-refractivity contribution in [2.24, 2.45) is 0 Å². The van der Waals surface area contributed by atoms with E-state index in [2.05, 4.69) is 10.2 Å². The second kappa shape index (κ2) is 7.01. The third-order valence-corrected chi connectivity index (χ3v) is 3.87. The van der Waals surface area contributed by atoms with E-state index < -0.39 is 18.4 Å². The summed E-state index contributed by atoms with van der Waals surface area (Å²) in [5, 5.41) is 0. The predicted molar refractivity (Wildman–Crippen MR) is 83.9 cm³/mol. The zero-order chi connectivity index (χ0) is 18.0. The molecule has 2 aliphatic rings. The average molecular weight is 353 g/mol. The zero-order valence-electron chi connectivity index (χ0n) is 13.9. The van der Waals surface area contributed by atoms with Gasteiger partial charge in [0, 0.05) is 12.3 Å². The van der Waals surface area contributed by atoms with Gasteiger partial charge in [-0.05, 0) is 13.8 Å². The van der Waals surface area contributed by atoms with Crippen LogP contribution in [-0.4, -0.2) is 60.5 Å². The fraction of sp³-hybridized carbons (Fsp3) is 0.533. The van der Waals surface area contributed by atoms with Gasteiger partial charge in [0.05, 0.1) is 25.9 Å². The number of aromatic nitrogens is 1. The molecule has 0 aromatic carbocycles. The van der Waals surface area contributed by atoms with Crippen LogP contribution in [0.3, 0.4) is 0 Å². The Morgan fingerprint density at radius 2 is 2.16 bits per heavy atom. The molecule has 10 nitrogen and oxygen atoms in total.